The van der Waals surface area contributed by atoms with Crippen molar-refractivity contribution in [1.82, 2.24) is 0 Å². The number of carbonyl (C=O) groups is 1. The van der Waals surface area contributed by atoms with Gasteiger partial charge in [0.1, 0.15) is 0 Å². The van der Waals surface area contributed by atoms with Gasteiger partial charge in [-0.05, 0) is 32.6 Å². The van der Waals surface area contributed by atoms with Crippen LogP contribution in [0.15, 0.2) is 12.2 Å². The van der Waals surface area contributed by atoms with E-state index in [2.05, 4.69) is 20.4 Å². The summed E-state index contributed by atoms with van der Waals surface area (Å²) >= 11 is 0. The number of hydrogen-bond donors (Lipinski definition) is 0. The molecule has 0 heterocycles. The Morgan fingerprint density at radius 2 is 1.68 bits per heavy atom. The molecule has 0 bridgehead atoms. The molecule has 0 aliphatic carbocycles. The topological polar surface area (TPSA) is 35.5 Å². The fraction of sp³-hybridized carbons (Fsp3) is 0.812. The Kier molecular flexibility index (Phi) is 11.7. The van der Waals surface area contributed by atoms with Crippen LogP contribution in [0.25, 0.3) is 0 Å². The first-order chi connectivity index (χ1) is 9.11. The van der Waals surface area contributed by atoms with Gasteiger partial charge < -0.3 is 9.47 Å². The van der Waals surface area contributed by atoms with Crippen LogP contribution in [0.3, 0.4) is 0 Å². The summed E-state index contributed by atoms with van der Waals surface area (Å²) in [5.74, 6) is -0.294. The Labute approximate surface area is 118 Å². The van der Waals surface area contributed by atoms with E-state index in [1.54, 1.807) is 6.92 Å². The minimum absolute atomic E-state index is 0.294. The number of rotatable bonds is 12. The number of unbranched alkanes of at least 4 members (excludes halogenated alkanes) is 2. The molecule has 0 radical (unpaired) electrons. The summed E-state index contributed by atoms with van der Waals surface area (Å²) in [5.41, 5.74) is 0.460. The summed E-state index contributed by atoms with van der Waals surface area (Å²) in [5, 5.41) is 0. The normalized spacial score (nSPS) is 12.2. The maximum Gasteiger partial charge on any atom is 0.333 e. The van der Waals surface area contributed by atoms with Gasteiger partial charge in [-0.1, -0.05) is 39.7 Å². The second-order valence-electron chi connectivity index (χ2n) is 5.05. The van der Waals surface area contributed by atoms with E-state index in [0.717, 1.165) is 38.7 Å². The highest BCUT2D eigenvalue weighted by Gasteiger charge is 2.09. The van der Waals surface area contributed by atoms with E-state index in [1.165, 1.54) is 12.8 Å². The van der Waals surface area contributed by atoms with Crippen LogP contribution in [-0.2, 0) is 14.3 Å². The molecule has 0 aromatic rings. The van der Waals surface area contributed by atoms with Crippen LogP contribution >= 0.6 is 0 Å². The molecule has 0 aliphatic rings. The predicted octanol–water partition coefficient (Wildman–Crippen LogP) is 4.26. The lowest BCUT2D eigenvalue weighted by Crippen LogP contribution is -2.15. The molecule has 0 rings (SSSR count). The molecule has 0 N–H and O–H groups in total. The maximum atomic E-state index is 11.2. The molecular weight excluding hydrogens is 240 g/mol. The van der Waals surface area contributed by atoms with Crippen LogP contribution in [0.2, 0.25) is 0 Å². The monoisotopic (exact) mass is 270 g/mol. The van der Waals surface area contributed by atoms with Gasteiger partial charge in [-0.3, -0.25) is 0 Å². The van der Waals surface area contributed by atoms with Crippen molar-refractivity contribution < 1.29 is 14.3 Å². The molecular formula is C16H30O3. The van der Waals surface area contributed by atoms with Crippen molar-refractivity contribution in [2.45, 2.75) is 71.8 Å². The molecule has 3 heteroatoms. The first-order valence-electron chi connectivity index (χ1n) is 7.56. The molecule has 0 aliphatic heterocycles. The van der Waals surface area contributed by atoms with Crippen molar-refractivity contribution in [2.75, 3.05) is 13.2 Å². The van der Waals surface area contributed by atoms with Gasteiger partial charge in [0.2, 0.25) is 0 Å². The lowest BCUT2D eigenvalue weighted by molar-refractivity contribution is -0.139. The molecule has 0 amide bonds. The largest absolute Gasteiger partial charge is 0.462 e. The highest BCUT2D eigenvalue weighted by Crippen LogP contribution is 2.12. The average molecular weight is 270 g/mol. The van der Waals surface area contributed by atoms with Crippen LogP contribution in [0.5, 0.6) is 0 Å². The summed E-state index contributed by atoms with van der Waals surface area (Å²) in [6.07, 6.45) is 7.92. The van der Waals surface area contributed by atoms with Crippen molar-refractivity contribution >= 4 is 5.97 Å². The van der Waals surface area contributed by atoms with E-state index in [9.17, 15) is 4.79 Å². The Bertz CT molecular complexity index is 248. The number of hydrogen-bond acceptors (Lipinski definition) is 3. The standard InChI is InChI=1S/C16H30O3/c1-5-7-10-15(18-12-8-6-2)11-9-13-19-16(17)14(3)4/h15H,3,5-13H2,1-2,4H3. The van der Waals surface area contributed by atoms with Gasteiger partial charge in [0.05, 0.1) is 12.7 Å². The molecule has 0 spiro atoms. The second-order valence-corrected chi connectivity index (χ2v) is 5.05. The first-order valence-corrected chi connectivity index (χ1v) is 7.56. The lowest BCUT2D eigenvalue weighted by atomic mass is 10.1. The van der Waals surface area contributed by atoms with Gasteiger partial charge in [-0.2, -0.15) is 0 Å². The van der Waals surface area contributed by atoms with Gasteiger partial charge in [0.15, 0.2) is 0 Å². The maximum absolute atomic E-state index is 11.2. The molecule has 1 unspecified atom stereocenters. The van der Waals surface area contributed by atoms with Crippen LogP contribution < -0.4 is 0 Å². The number of ether oxygens (including phenoxy) is 2. The van der Waals surface area contributed by atoms with E-state index in [-0.39, 0.29) is 5.97 Å². The van der Waals surface area contributed by atoms with E-state index in [1.807, 2.05) is 0 Å². The van der Waals surface area contributed by atoms with Crippen molar-refractivity contribution in [3.05, 3.63) is 12.2 Å². The fourth-order valence-electron chi connectivity index (χ4n) is 1.74. The molecule has 1 atom stereocenters. The van der Waals surface area contributed by atoms with Crippen molar-refractivity contribution in [2.24, 2.45) is 0 Å². The predicted molar refractivity (Wildman–Crippen MR) is 79.2 cm³/mol. The molecule has 3 nitrogen and oxygen atoms in total. The van der Waals surface area contributed by atoms with Crippen LogP contribution in [0.1, 0.15) is 65.7 Å². The third kappa shape index (κ3) is 10.8. The summed E-state index contributed by atoms with van der Waals surface area (Å²) < 4.78 is 11.0. The van der Waals surface area contributed by atoms with Crippen LogP contribution in [0, 0.1) is 0 Å². The van der Waals surface area contributed by atoms with Gasteiger partial charge in [-0.25, -0.2) is 4.79 Å². The third-order valence-corrected chi connectivity index (χ3v) is 2.98. The van der Waals surface area contributed by atoms with E-state index in [4.69, 9.17) is 9.47 Å². The summed E-state index contributed by atoms with van der Waals surface area (Å²) in [6, 6.07) is 0. The Balaban J connectivity index is 3.77. The molecule has 0 aromatic carbocycles. The summed E-state index contributed by atoms with van der Waals surface area (Å²) in [4.78, 5) is 11.2. The highest BCUT2D eigenvalue weighted by atomic mass is 16.5. The minimum Gasteiger partial charge on any atom is -0.462 e. The van der Waals surface area contributed by atoms with Crippen LogP contribution in [-0.4, -0.2) is 25.3 Å². The fourth-order valence-corrected chi connectivity index (χ4v) is 1.74. The summed E-state index contributed by atoms with van der Waals surface area (Å²) in [6.45, 7) is 10.9. The molecule has 0 fully saturated rings. The van der Waals surface area contributed by atoms with Crippen molar-refractivity contribution in [3.8, 4) is 0 Å². The van der Waals surface area contributed by atoms with E-state index < -0.39 is 0 Å². The Hall–Kier alpha value is -0.830. The zero-order chi connectivity index (χ0) is 14.5. The highest BCUT2D eigenvalue weighted by molar-refractivity contribution is 5.86. The van der Waals surface area contributed by atoms with Crippen molar-refractivity contribution in [3.63, 3.8) is 0 Å². The van der Waals surface area contributed by atoms with E-state index in [0.29, 0.717) is 18.3 Å². The van der Waals surface area contributed by atoms with Crippen molar-refractivity contribution in [1.29, 1.82) is 0 Å². The zero-order valence-corrected chi connectivity index (χ0v) is 12.9. The molecule has 0 aromatic heterocycles. The SMILES string of the molecule is C=C(C)C(=O)OCCCC(CCCC)OCCCC. The van der Waals surface area contributed by atoms with E-state index >= 15 is 0 Å². The molecule has 19 heavy (non-hydrogen) atoms. The van der Waals surface area contributed by atoms with Crippen LogP contribution in [0.4, 0.5) is 0 Å². The summed E-state index contributed by atoms with van der Waals surface area (Å²) in [7, 11) is 0. The first kappa shape index (κ1) is 18.2. The zero-order valence-electron chi connectivity index (χ0n) is 12.9. The minimum atomic E-state index is -0.294. The molecule has 0 saturated heterocycles. The number of esters is 1. The lowest BCUT2D eigenvalue weighted by Gasteiger charge is -2.17. The van der Waals surface area contributed by atoms with Gasteiger partial charge in [0, 0.05) is 12.2 Å². The average Bonchev–Trinajstić information content (AvgIpc) is 2.39. The third-order valence-electron chi connectivity index (χ3n) is 2.98. The van der Waals surface area contributed by atoms with Gasteiger partial charge in [-0.15, -0.1) is 0 Å². The number of carbonyl (C=O) groups excluding carboxylic acids is 1. The second kappa shape index (κ2) is 12.2. The smallest absolute Gasteiger partial charge is 0.333 e. The molecule has 0 saturated carbocycles. The Morgan fingerprint density at radius 1 is 1.05 bits per heavy atom. The van der Waals surface area contributed by atoms with Gasteiger partial charge in [0.25, 0.3) is 0 Å². The Morgan fingerprint density at radius 3 is 2.26 bits per heavy atom. The molecule has 112 valence electrons. The quantitative estimate of drug-likeness (QED) is 0.302. The van der Waals surface area contributed by atoms with Gasteiger partial charge >= 0.3 is 5.97 Å².